The first-order valence-corrected chi connectivity index (χ1v) is 12.1. The third-order valence-corrected chi connectivity index (χ3v) is 7.35. The molecule has 1 atom stereocenters. The second kappa shape index (κ2) is 8.65. The highest BCUT2D eigenvalue weighted by Gasteiger charge is 2.59. The van der Waals surface area contributed by atoms with Gasteiger partial charge in [-0.15, -0.1) is 0 Å². The van der Waals surface area contributed by atoms with Gasteiger partial charge in [0, 0.05) is 16.1 Å². The van der Waals surface area contributed by atoms with Crippen LogP contribution in [0.5, 0.6) is 11.5 Å². The molecule has 1 unspecified atom stereocenters. The van der Waals surface area contributed by atoms with Crippen molar-refractivity contribution >= 4 is 29.3 Å². The molecule has 6 heteroatoms. The fourth-order valence-corrected chi connectivity index (χ4v) is 5.41. The van der Waals surface area contributed by atoms with Crippen LogP contribution in [-0.2, 0) is 16.8 Å². The minimum Gasteiger partial charge on any atom is -0.493 e. The van der Waals surface area contributed by atoms with Crippen LogP contribution in [-0.4, -0.2) is 25.2 Å². The highest BCUT2D eigenvalue weighted by atomic mass is 35.5. The molecule has 1 fully saturated rings. The van der Waals surface area contributed by atoms with E-state index in [2.05, 4.69) is 55.3 Å². The number of halogens is 1. The molecule has 180 valence electrons. The third-order valence-electron chi connectivity index (χ3n) is 7.11. The van der Waals surface area contributed by atoms with Gasteiger partial charge in [0.05, 0.1) is 13.7 Å². The predicted molar refractivity (Wildman–Crippen MR) is 140 cm³/mol. The minimum absolute atomic E-state index is 0.0243. The van der Waals surface area contributed by atoms with Crippen molar-refractivity contribution in [1.82, 2.24) is 5.32 Å². The van der Waals surface area contributed by atoms with Gasteiger partial charge in [0.1, 0.15) is 12.3 Å². The Morgan fingerprint density at radius 2 is 1.91 bits per heavy atom. The third kappa shape index (κ3) is 3.94. The molecule has 1 amide bonds. The molecule has 3 aromatic carbocycles. The maximum absolute atomic E-state index is 12.6. The molecule has 0 aliphatic carbocycles. The first-order valence-electron chi connectivity index (χ1n) is 11.7. The number of methoxy groups -OCH3 is 1. The van der Waals surface area contributed by atoms with Crippen LogP contribution in [0, 0.1) is 6.92 Å². The summed E-state index contributed by atoms with van der Waals surface area (Å²) in [5.74, 6) is 1.32. The highest BCUT2D eigenvalue weighted by Crippen LogP contribution is 2.53. The Morgan fingerprint density at radius 1 is 1.09 bits per heavy atom. The average molecular weight is 489 g/mol. The number of nitrogens with zero attached hydrogens (tertiary/aromatic N) is 1. The lowest BCUT2D eigenvalue weighted by Gasteiger charge is -2.40. The van der Waals surface area contributed by atoms with Crippen molar-refractivity contribution in [3.05, 3.63) is 94.0 Å². The molecule has 1 saturated heterocycles. The lowest BCUT2D eigenvalue weighted by Crippen LogP contribution is -2.58. The molecule has 2 aliphatic rings. The second-order valence-electron chi connectivity index (χ2n) is 9.71. The van der Waals surface area contributed by atoms with Crippen molar-refractivity contribution in [2.45, 2.75) is 38.5 Å². The van der Waals surface area contributed by atoms with Gasteiger partial charge in [-0.3, -0.25) is 4.79 Å². The van der Waals surface area contributed by atoms with E-state index < -0.39 is 5.66 Å². The Bertz CT molecular complexity index is 1330. The van der Waals surface area contributed by atoms with Crippen LogP contribution in [0.1, 0.15) is 36.1 Å². The maximum Gasteiger partial charge on any atom is 0.241 e. The molecular weight excluding hydrogens is 460 g/mol. The molecule has 0 radical (unpaired) electrons. The van der Waals surface area contributed by atoms with Crippen LogP contribution in [0.15, 0.2) is 66.7 Å². The molecule has 0 saturated carbocycles. The number of hydrogen-bond donors (Lipinski definition) is 1. The topological polar surface area (TPSA) is 50.8 Å². The minimum atomic E-state index is -0.644. The number of ether oxygens (including phenoxy) is 2. The number of carbonyl (C=O) groups excluding carboxylic acids is 1. The summed E-state index contributed by atoms with van der Waals surface area (Å²) < 4.78 is 11.6. The maximum atomic E-state index is 12.6. The Balaban J connectivity index is 1.43. The first kappa shape index (κ1) is 23.3. The van der Waals surface area contributed by atoms with E-state index in [1.54, 1.807) is 7.11 Å². The fraction of sp³-hybridized carbons (Fsp3) is 0.276. The summed E-state index contributed by atoms with van der Waals surface area (Å²) in [4.78, 5) is 14.7. The zero-order valence-electron chi connectivity index (χ0n) is 20.4. The summed E-state index contributed by atoms with van der Waals surface area (Å²) in [5, 5.41) is 3.95. The lowest BCUT2D eigenvalue weighted by molar-refractivity contribution is -0.118. The Morgan fingerprint density at radius 3 is 2.69 bits per heavy atom. The Labute approximate surface area is 211 Å². The van der Waals surface area contributed by atoms with E-state index in [9.17, 15) is 4.79 Å². The number of carbonyl (C=O) groups is 1. The van der Waals surface area contributed by atoms with Crippen LogP contribution >= 0.6 is 11.6 Å². The van der Waals surface area contributed by atoms with Gasteiger partial charge in [-0.05, 0) is 60.0 Å². The molecule has 0 aromatic heterocycles. The number of anilines is 1. The Kier molecular flexibility index (Phi) is 5.76. The van der Waals surface area contributed by atoms with E-state index in [0.29, 0.717) is 29.7 Å². The number of rotatable bonds is 6. The van der Waals surface area contributed by atoms with Crippen molar-refractivity contribution in [2.24, 2.45) is 0 Å². The van der Waals surface area contributed by atoms with E-state index in [0.717, 1.165) is 16.8 Å². The monoisotopic (exact) mass is 488 g/mol. The zero-order chi connectivity index (χ0) is 24.8. The molecule has 2 heterocycles. The van der Waals surface area contributed by atoms with Gasteiger partial charge in [-0.2, -0.15) is 0 Å². The van der Waals surface area contributed by atoms with E-state index in [4.69, 9.17) is 21.1 Å². The van der Waals surface area contributed by atoms with Crippen LogP contribution in [0.3, 0.4) is 0 Å². The summed E-state index contributed by atoms with van der Waals surface area (Å²) in [6.45, 7) is 7.21. The van der Waals surface area contributed by atoms with Crippen LogP contribution in [0.25, 0.3) is 6.08 Å². The number of aryl methyl sites for hydroxylation is 1. The van der Waals surface area contributed by atoms with Crippen molar-refractivity contribution < 1.29 is 14.3 Å². The molecular formula is C29H29ClN2O3. The average Bonchev–Trinajstić information content (AvgIpc) is 3.26. The SMILES string of the molecule is COc1cc(C=CC23NC(=O)CN2c2ccc(C)cc2C3(C)C)ccc1OCc1cccc(Cl)c1. The quantitative estimate of drug-likeness (QED) is 0.471. The number of nitrogens with one attached hydrogen (secondary N) is 1. The number of fused-ring (bicyclic) bond motifs is 3. The standard InChI is InChI=1S/C29H29ClN2O3/c1-19-8-10-24-23(14-19)28(2,3)29(31-27(33)17-32(24)29)13-12-20-9-11-25(26(16-20)34-4)35-18-21-6-5-7-22(30)15-21/h5-16H,17-18H2,1-4H3,(H,31,33). The van der Waals surface area contributed by atoms with Gasteiger partial charge in [-0.25, -0.2) is 0 Å². The number of amides is 1. The van der Waals surface area contributed by atoms with E-state index in [1.165, 1.54) is 11.1 Å². The van der Waals surface area contributed by atoms with Gasteiger partial charge in [0.25, 0.3) is 0 Å². The fourth-order valence-electron chi connectivity index (χ4n) is 5.20. The van der Waals surface area contributed by atoms with Gasteiger partial charge < -0.3 is 19.7 Å². The van der Waals surface area contributed by atoms with E-state index in [1.807, 2.05) is 48.5 Å². The predicted octanol–water partition coefficient (Wildman–Crippen LogP) is 5.87. The molecule has 2 aliphatic heterocycles. The zero-order valence-corrected chi connectivity index (χ0v) is 21.1. The largest absolute Gasteiger partial charge is 0.493 e. The number of hydrogen-bond acceptors (Lipinski definition) is 4. The summed E-state index contributed by atoms with van der Waals surface area (Å²) in [7, 11) is 1.63. The van der Waals surface area contributed by atoms with Crippen molar-refractivity contribution in [3.8, 4) is 11.5 Å². The van der Waals surface area contributed by atoms with Crippen molar-refractivity contribution in [2.75, 3.05) is 18.6 Å². The van der Waals surface area contributed by atoms with Gasteiger partial charge in [0.15, 0.2) is 11.5 Å². The molecule has 0 bridgehead atoms. The molecule has 0 spiro atoms. The van der Waals surface area contributed by atoms with Gasteiger partial charge >= 0.3 is 0 Å². The summed E-state index contributed by atoms with van der Waals surface area (Å²) in [6, 6.07) is 19.9. The highest BCUT2D eigenvalue weighted by molar-refractivity contribution is 6.30. The van der Waals surface area contributed by atoms with E-state index in [-0.39, 0.29) is 11.3 Å². The van der Waals surface area contributed by atoms with Crippen LogP contribution < -0.4 is 19.7 Å². The first-order chi connectivity index (χ1) is 16.7. The van der Waals surface area contributed by atoms with Crippen molar-refractivity contribution in [1.29, 1.82) is 0 Å². The summed E-state index contributed by atoms with van der Waals surface area (Å²) >= 11 is 6.08. The smallest absolute Gasteiger partial charge is 0.241 e. The second-order valence-corrected chi connectivity index (χ2v) is 10.1. The summed E-state index contributed by atoms with van der Waals surface area (Å²) in [5.41, 5.74) is 4.53. The van der Waals surface area contributed by atoms with Crippen LogP contribution in [0.2, 0.25) is 5.02 Å². The molecule has 3 aromatic rings. The van der Waals surface area contributed by atoms with E-state index >= 15 is 0 Å². The summed E-state index contributed by atoms with van der Waals surface area (Å²) in [6.07, 6.45) is 4.15. The molecule has 5 rings (SSSR count). The normalized spacial score (nSPS) is 20.0. The van der Waals surface area contributed by atoms with Crippen molar-refractivity contribution in [3.63, 3.8) is 0 Å². The number of benzene rings is 3. The lowest BCUT2D eigenvalue weighted by atomic mass is 9.75. The molecule has 1 N–H and O–H groups in total. The Hall–Kier alpha value is -3.44. The van der Waals surface area contributed by atoms with Crippen LogP contribution in [0.4, 0.5) is 5.69 Å². The van der Waals surface area contributed by atoms with Gasteiger partial charge in [-0.1, -0.05) is 67.4 Å². The molecule has 35 heavy (non-hydrogen) atoms. The van der Waals surface area contributed by atoms with Gasteiger partial charge in [0.2, 0.25) is 5.91 Å². The molecule has 5 nitrogen and oxygen atoms in total.